The minimum atomic E-state index is -0.280. The first kappa shape index (κ1) is 18.9. The van der Waals surface area contributed by atoms with E-state index < -0.39 is 0 Å². The first-order chi connectivity index (χ1) is 12.1. The van der Waals surface area contributed by atoms with Crippen molar-refractivity contribution in [2.24, 2.45) is 0 Å². The summed E-state index contributed by atoms with van der Waals surface area (Å²) in [7, 11) is 0. The van der Waals surface area contributed by atoms with E-state index in [0.717, 1.165) is 30.8 Å². The van der Waals surface area contributed by atoms with Gasteiger partial charge in [0.1, 0.15) is 5.82 Å². The van der Waals surface area contributed by atoms with Crippen molar-refractivity contribution in [1.29, 1.82) is 0 Å². The van der Waals surface area contributed by atoms with E-state index in [1.807, 2.05) is 18.2 Å². The second kappa shape index (κ2) is 9.79. The van der Waals surface area contributed by atoms with Crippen LogP contribution in [0.1, 0.15) is 30.5 Å². The molecule has 0 radical (unpaired) electrons. The highest BCUT2D eigenvalue weighted by Crippen LogP contribution is 2.11. The average Bonchev–Trinajstić information content (AvgIpc) is 2.64. The molecule has 0 aliphatic rings. The Morgan fingerprint density at radius 3 is 2.16 bits per heavy atom. The maximum atomic E-state index is 12.9. The summed E-state index contributed by atoms with van der Waals surface area (Å²) in [6.45, 7) is 8.01. The SMILES string of the molecule is CCN(CC)Cc1ccccc1CNC(=O)NCc1ccc(F)cc1. The summed E-state index contributed by atoms with van der Waals surface area (Å²) >= 11 is 0. The highest BCUT2D eigenvalue weighted by Gasteiger charge is 2.07. The van der Waals surface area contributed by atoms with Gasteiger partial charge in [0.05, 0.1) is 0 Å². The van der Waals surface area contributed by atoms with E-state index in [0.29, 0.717) is 13.1 Å². The van der Waals surface area contributed by atoms with E-state index in [9.17, 15) is 9.18 Å². The van der Waals surface area contributed by atoms with E-state index in [1.165, 1.54) is 17.7 Å². The molecule has 0 fully saturated rings. The number of urea groups is 1. The Bertz CT molecular complexity index is 669. The summed E-state index contributed by atoms with van der Waals surface area (Å²) in [5.41, 5.74) is 3.20. The Kier molecular flexibility index (Phi) is 7.41. The smallest absolute Gasteiger partial charge is 0.315 e. The number of hydrogen-bond donors (Lipinski definition) is 2. The minimum Gasteiger partial charge on any atom is -0.334 e. The molecule has 134 valence electrons. The topological polar surface area (TPSA) is 44.4 Å². The molecule has 2 amide bonds. The van der Waals surface area contributed by atoms with Crippen LogP contribution in [0.15, 0.2) is 48.5 Å². The van der Waals surface area contributed by atoms with Gasteiger partial charge in [-0.2, -0.15) is 0 Å². The van der Waals surface area contributed by atoms with E-state index >= 15 is 0 Å². The van der Waals surface area contributed by atoms with Crippen molar-refractivity contribution in [3.8, 4) is 0 Å². The lowest BCUT2D eigenvalue weighted by Gasteiger charge is -2.20. The summed E-state index contributed by atoms with van der Waals surface area (Å²) in [5, 5.41) is 5.68. The molecule has 5 heteroatoms. The summed E-state index contributed by atoms with van der Waals surface area (Å²) in [6, 6.07) is 14.0. The van der Waals surface area contributed by atoms with Crippen molar-refractivity contribution in [2.75, 3.05) is 13.1 Å². The van der Waals surface area contributed by atoms with Crippen LogP contribution >= 0.6 is 0 Å². The molecule has 0 heterocycles. The second-order valence-corrected chi connectivity index (χ2v) is 5.89. The van der Waals surface area contributed by atoms with Crippen LogP contribution in [0, 0.1) is 5.82 Å². The first-order valence-corrected chi connectivity index (χ1v) is 8.67. The summed E-state index contributed by atoms with van der Waals surface area (Å²) in [4.78, 5) is 14.3. The highest BCUT2D eigenvalue weighted by molar-refractivity contribution is 5.73. The van der Waals surface area contributed by atoms with Gasteiger partial charge in [-0.3, -0.25) is 4.90 Å². The highest BCUT2D eigenvalue weighted by atomic mass is 19.1. The average molecular weight is 343 g/mol. The molecule has 2 aromatic carbocycles. The fourth-order valence-electron chi connectivity index (χ4n) is 2.59. The largest absolute Gasteiger partial charge is 0.334 e. The number of benzene rings is 2. The van der Waals surface area contributed by atoms with Crippen molar-refractivity contribution in [2.45, 2.75) is 33.5 Å². The van der Waals surface area contributed by atoms with Gasteiger partial charge in [0.25, 0.3) is 0 Å². The van der Waals surface area contributed by atoms with Gasteiger partial charge in [0.2, 0.25) is 0 Å². The fourth-order valence-corrected chi connectivity index (χ4v) is 2.59. The quantitative estimate of drug-likeness (QED) is 0.768. The number of hydrogen-bond acceptors (Lipinski definition) is 2. The van der Waals surface area contributed by atoms with Crippen LogP contribution in [-0.4, -0.2) is 24.0 Å². The Labute approximate surface area is 149 Å². The third kappa shape index (κ3) is 6.19. The van der Waals surface area contributed by atoms with E-state index in [2.05, 4.69) is 35.4 Å². The predicted octanol–water partition coefficient (Wildman–Crippen LogP) is 3.67. The monoisotopic (exact) mass is 343 g/mol. The third-order valence-corrected chi connectivity index (χ3v) is 4.21. The zero-order valence-corrected chi connectivity index (χ0v) is 14.9. The summed E-state index contributed by atoms with van der Waals surface area (Å²) in [6.07, 6.45) is 0. The molecular formula is C20H26FN3O. The molecule has 0 unspecified atom stereocenters. The van der Waals surface area contributed by atoms with Gasteiger partial charge in [0.15, 0.2) is 0 Å². The van der Waals surface area contributed by atoms with Crippen LogP contribution in [0.5, 0.6) is 0 Å². The number of nitrogens with one attached hydrogen (secondary N) is 2. The van der Waals surface area contributed by atoms with Gasteiger partial charge in [-0.15, -0.1) is 0 Å². The maximum Gasteiger partial charge on any atom is 0.315 e. The second-order valence-electron chi connectivity index (χ2n) is 5.89. The number of carbonyl (C=O) groups is 1. The lowest BCUT2D eigenvalue weighted by molar-refractivity contribution is 0.240. The van der Waals surface area contributed by atoms with E-state index in [1.54, 1.807) is 12.1 Å². The van der Waals surface area contributed by atoms with Crippen molar-refractivity contribution < 1.29 is 9.18 Å². The van der Waals surface area contributed by atoms with Gasteiger partial charge in [-0.05, 0) is 41.9 Å². The Morgan fingerprint density at radius 1 is 0.920 bits per heavy atom. The summed E-state index contributed by atoms with van der Waals surface area (Å²) in [5.74, 6) is -0.280. The van der Waals surface area contributed by atoms with Crippen LogP contribution in [0.25, 0.3) is 0 Å². The molecule has 0 aliphatic carbocycles. The van der Waals surface area contributed by atoms with Crippen LogP contribution < -0.4 is 10.6 Å². The van der Waals surface area contributed by atoms with Gasteiger partial charge in [-0.25, -0.2) is 9.18 Å². The molecule has 0 aromatic heterocycles. The molecule has 0 atom stereocenters. The molecule has 2 aromatic rings. The molecule has 0 saturated heterocycles. The molecule has 0 bridgehead atoms. The fraction of sp³-hybridized carbons (Fsp3) is 0.350. The molecule has 0 spiro atoms. The van der Waals surface area contributed by atoms with Gasteiger partial charge in [-0.1, -0.05) is 50.2 Å². The number of amides is 2. The third-order valence-electron chi connectivity index (χ3n) is 4.21. The predicted molar refractivity (Wildman–Crippen MR) is 98.5 cm³/mol. The van der Waals surface area contributed by atoms with Crippen molar-refractivity contribution >= 4 is 6.03 Å². The Balaban J connectivity index is 1.85. The van der Waals surface area contributed by atoms with Crippen molar-refractivity contribution in [1.82, 2.24) is 15.5 Å². The normalized spacial score (nSPS) is 10.7. The lowest BCUT2D eigenvalue weighted by Crippen LogP contribution is -2.35. The van der Waals surface area contributed by atoms with E-state index in [-0.39, 0.29) is 11.8 Å². The zero-order chi connectivity index (χ0) is 18.1. The van der Waals surface area contributed by atoms with Crippen molar-refractivity contribution in [3.63, 3.8) is 0 Å². The van der Waals surface area contributed by atoms with Crippen LogP contribution in [0.4, 0.5) is 9.18 Å². The minimum absolute atomic E-state index is 0.234. The zero-order valence-electron chi connectivity index (χ0n) is 14.9. The molecule has 2 rings (SSSR count). The first-order valence-electron chi connectivity index (χ1n) is 8.67. The lowest BCUT2D eigenvalue weighted by atomic mass is 10.1. The molecular weight excluding hydrogens is 317 g/mol. The van der Waals surface area contributed by atoms with Crippen molar-refractivity contribution in [3.05, 3.63) is 71.0 Å². The van der Waals surface area contributed by atoms with Crippen LogP contribution in [0.2, 0.25) is 0 Å². The molecule has 2 N–H and O–H groups in total. The van der Waals surface area contributed by atoms with E-state index in [4.69, 9.17) is 0 Å². The van der Waals surface area contributed by atoms with Gasteiger partial charge in [0, 0.05) is 19.6 Å². The maximum absolute atomic E-state index is 12.9. The standard InChI is InChI=1S/C20H26FN3O/c1-3-24(4-2)15-18-8-6-5-7-17(18)14-23-20(25)22-13-16-9-11-19(21)12-10-16/h5-12H,3-4,13-15H2,1-2H3,(H2,22,23,25). The molecule has 0 saturated carbocycles. The molecule has 4 nitrogen and oxygen atoms in total. The molecule has 25 heavy (non-hydrogen) atoms. The number of nitrogens with zero attached hydrogens (tertiary/aromatic N) is 1. The van der Waals surface area contributed by atoms with Crippen LogP contribution in [-0.2, 0) is 19.6 Å². The van der Waals surface area contributed by atoms with Gasteiger partial charge < -0.3 is 10.6 Å². The van der Waals surface area contributed by atoms with Crippen LogP contribution in [0.3, 0.4) is 0 Å². The number of carbonyl (C=O) groups excluding carboxylic acids is 1. The molecule has 0 aliphatic heterocycles. The number of rotatable bonds is 8. The van der Waals surface area contributed by atoms with Gasteiger partial charge >= 0.3 is 6.03 Å². The number of halogens is 1. The Hall–Kier alpha value is -2.40. The Morgan fingerprint density at radius 2 is 1.52 bits per heavy atom. The summed E-state index contributed by atoms with van der Waals surface area (Å²) < 4.78 is 12.9.